The topological polar surface area (TPSA) is 41.1 Å². The number of benzene rings is 1. The molecular weight excluding hydrogens is 236 g/mol. The van der Waals surface area contributed by atoms with E-state index < -0.39 is 0 Å². The van der Waals surface area contributed by atoms with Crippen molar-refractivity contribution in [1.82, 2.24) is 5.32 Å². The lowest BCUT2D eigenvalue weighted by molar-refractivity contribution is 0.0936. The van der Waals surface area contributed by atoms with Crippen LogP contribution in [0.4, 0.5) is 5.69 Å². The van der Waals surface area contributed by atoms with Gasteiger partial charge in [-0.15, -0.1) is 0 Å². The summed E-state index contributed by atoms with van der Waals surface area (Å²) in [7, 11) is 0. The minimum absolute atomic E-state index is 0.0459. The highest BCUT2D eigenvalue weighted by molar-refractivity contribution is 5.95. The van der Waals surface area contributed by atoms with Crippen molar-refractivity contribution >= 4 is 11.6 Å². The Kier molecular flexibility index (Phi) is 4.46. The van der Waals surface area contributed by atoms with Crippen molar-refractivity contribution in [2.45, 2.75) is 46.1 Å². The Morgan fingerprint density at radius 3 is 2.74 bits per heavy atom. The van der Waals surface area contributed by atoms with E-state index >= 15 is 0 Å². The van der Waals surface area contributed by atoms with Crippen LogP contribution in [0.3, 0.4) is 0 Å². The second-order valence-electron chi connectivity index (χ2n) is 5.56. The van der Waals surface area contributed by atoms with Gasteiger partial charge in [0.05, 0.1) is 0 Å². The normalized spacial score (nSPS) is 15.9. The molecule has 0 bridgehead atoms. The molecule has 0 aliphatic heterocycles. The summed E-state index contributed by atoms with van der Waals surface area (Å²) in [5, 5.41) is 6.45. The predicted molar refractivity (Wildman–Crippen MR) is 79.6 cm³/mol. The standard InChI is InChI=1S/C16H24N2O/c1-4-9-17-15-8-7-14(10-11(15)2)16(19)18-12(3)13-5-6-13/h7-8,10,12-13,17H,4-6,9H2,1-3H3,(H,18,19). The minimum Gasteiger partial charge on any atom is -0.385 e. The number of hydrogen-bond donors (Lipinski definition) is 2. The van der Waals surface area contributed by atoms with Gasteiger partial charge in [0.2, 0.25) is 0 Å². The molecule has 1 saturated carbocycles. The van der Waals surface area contributed by atoms with Crippen molar-refractivity contribution in [1.29, 1.82) is 0 Å². The molecule has 3 heteroatoms. The number of nitrogens with one attached hydrogen (secondary N) is 2. The van der Waals surface area contributed by atoms with E-state index in [9.17, 15) is 4.79 Å². The Labute approximate surface area is 115 Å². The molecule has 19 heavy (non-hydrogen) atoms. The van der Waals surface area contributed by atoms with Crippen LogP contribution < -0.4 is 10.6 Å². The first-order valence-corrected chi connectivity index (χ1v) is 7.27. The second kappa shape index (κ2) is 6.09. The number of rotatable bonds is 6. The van der Waals surface area contributed by atoms with E-state index in [1.54, 1.807) is 0 Å². The Balaban J connectivity index is 1.99. The first-order chi connectivity index (χ1) is 9.11. The quantitative estimate of drug-likeness (QED) is 0.823. The minimum atomic E-state index is 0.0459. The molecule has 0 aromatic heterocycles. The molecule has 1 aromatic rings. The smallest absolute Gasteiger partial charge is 0.251 e. The van der Waals surface area contributed by atoms with E-state index in [1.165, 1.54) is 12.8 Å². The third kappa shape index (κ3) is 3.72. The molecule has 1 aromatic carbocycles. The Bertz CT molecular complexity index is 452. The zero-order valence-electron chi connectivity index (χ0n) is 12.1. The molecule has 0 saturated heterocycles. The molecule has 1 amide bonds. The maximum Gasteiger partial charge on any atom is 0.251 e. The summed E-state index contributed by atoms with van der Waals surface area (Å²) in [6.45, 7) is 7.24. The molecule has 0 heterocycles. The maximum atomic E-state index is 12.1. The number of hydrogen-bond acceptors (Lipinski definition) is 2. The highest BCUT2D eigenvalue weighted by Gasteiger charge is 2.29. The van der Waals surface area contributed by atoms with Gasteiger partial charge >= 0.3 is 0 Å². The van der Waals surface area contributed by atoms with Crippen LogP contribution in [0.2, 0.25) is 0 Å². The van der Waals surface area contributed by atoms with Crippen LogP contribution in [0, 0.1) is 12.8 Å². The fourth-order valence-corrected chi connectivity index (χ4v) is 2.27. The molecule has 2 rings (SSSR count). The van der Waals surface area contributed by atoms with Crippen molar-refractivity contribution in [3.8, 4) is 0 Å². The largest absolute Gasteiger partial charge is 0.385 e. The molecule has 1 aliphatic rings. The van der Waals surface area contributed by atoms with E-state index in [1.807, 2.05) is 25.1 Å². The van der Waals surface area contributed by atoms with Crippen LogP contribution in [0.5, 0.6) is 0 Å². The molecule has 1 atom stereocenters. The van der Waals surface area contributed by atoms with Gasteiger partial charge < -0.3 is 10.6 Å². The second-order valence-corrected chi connectivity index (χ2v) is 5.56. The predicted octanol–water partition coefficient (Wildman–Crippen LogP) is 3.35. The van der Waals surface area contributed by atoms with Crippen molar-refractivity contribution < 1.29 is 4.79 Å². The van der Waals surface area contributed by atoms with Gasteiger partial charge in [0.25, 0.3) is 5.91 Å². The van der Waals surface area contributed by atoms with E-state index in [4.69, 9.17) is 0 Å². The Morgan fingerprint density at radius 2 is 2.16 bits per heavy atom. The van der Waals surface area contributed by atoms with Gasteiger partial charge in [0.1, 0.15) is 0 Å². The zero-order valence-corrected chi connectivity index (χ0v) is 12.1. The molecule has 1 fully saturated rings. The fourth-order valence-electron chi connectivity index (χ4n) is 2.27. The first kappa shape index (κ1) is 13.9. The van der Waals surface area contributed by atoms with E-state index in [2.05, 4.69) is 24.5 Å². The molecule has 104 valence electrons. The fraction of sp³-hybridized carbons (Fsp3) is 0.562. The molecular formula is C16H24N2O. The summed E-state index contributed by atoms with van der Waals surface area (Å²) in [5.41, 5.74) is 3.00. The van der Waals surface area contributed by atoms with Crippen molar-refractivity contribution in [2.24, 2.45) is 5.92 Å². The van der Waals surface area contributed by atoms with Crippen molar-refractivity contribution in [2.75, 3.05) is 11.9 Å². The highest BCUT2D eigenvalue weighted by atomic mass is 16.1. The molecule has 1 aliphatic carbocycles. The number of aryl methyl sites for hydroxylation is 1. The van der Waals surface area contributed by atoms with Crippen LogP contribution >= 0.6 is 0 Å². The summed E-state index contributed by atoms with van der Waals surface area (Å²) >= 11 is 0. The average Bonchev–Trinajstić information content (AvgIpc) is 3.21. The SMILES string of the molecule is CCCNc1ccc(C(=O)NC(C)C2CC2)cc1C. The lowest BCUT2D eigenvalue weighted by Crippen LogP contribution is -2.34. The van der Waals surface area contributed by atoms with Gasteiger partial charge in [-0.1, -0.05) is 6.92 Å². The van der Waals surface area contributed by atoms with Crippen LogP contribution in [0.1, 0.15) is 49.0 Å². The van der Waals surface area contributed by atoms with Gasteiger partial charge in [0, 0.05) is 23.8 Å². The lowest BCUT2D eigenvalue weighted by Gasteiger charge is -2.14. The summed E-state index contributed by atoms with van der Waals surface area (Å²) < 4.78 is 0. The van der Waals surface area contributed by atoms with Crippen molar-refractivity contribution in [3.05, 3.63) is 29.3 Å². The van der Waals surface area contributed by atoms with Crippen LogP contribution in [0.25, 0.3) is 0 Å². The van der Waals surface area contributed by atoms with Crippen LogP contribution in [0.15, 0.2) is 18.2 Å². The maximum absolute atomic E-state index is 12.1. The lowest BCUT2D eigenvalue weighted by atomic mass is 10.1. The van der Waals surface area contributed by atoms with E-state index in [0.717, 1.165) is 29.8 Å². The molecule has 0 spiro atoms. The summed E-state index contributed by atoms with van der Waals surface area (Å²) in [6, 6.07) is 6.17. The molecule has 0 radical (unpaired) electrons. The average molecular weight is 260 g/mol. The number of anilines is 1. The third-order valence-electron chi connectivity index (χ3n) is 3.74. The molecule has 3 nitrogen and oxygen atoms in total. The monoisotopic (exact) mass is 260 g/mol. The number of carbonyl (C=O) groups excluding carboxylic acids is 1. The number of carbonyl (C=O) groups is 1. The van der Waals surface area contributed by atoms with Gasteiger partial charge in [0.15, 0.2) is 0 Å². The van der Waals surface area contributed by atoms with Gasteiger partial charge in [-0.3, -0.25) is 4.79 Å². The molecule has 1 unspecified atom stereocenters. The van der Waals surface area contributed by atoms with Crippen molar-refractivity contribution in [3.63, 3.8) is 0 Å². The summed E-state index contributed by atoms with van der Waals surface area (Å²) in [5.74, 6) is 0.736. The van der Waals surface area contributed by atoms with Gasteiger partial charge in [-0.2, -0.15) is 0 Å². The number of amides is 1. The van der Waals surface area contributed by atoms with Crippen LogP contribution in [-0.4, -0.2) is 18.5 Å². The van der Waals surface area contributed by atoms with E-state index in [0.29, 0.717) is 12.0 Å². The summed E-state index contributed by atoms with van der Waals surface area (Å²) in [6.07, 6.45) is 3.60. The summed E-state index contributed by atoms with van der Waals surface area (Å²) in [4.78, 5) is 12.1. The van der Waals surface area contributed by atoms with Gasteiger partial charge in [-0.25, -0.2) is 0 Å². The Hall–Kier alpha value is -1.51. The van der Waals surface area contributed by atoms with Crippen LogP contribution in [-0.2, 0) is 0 Å². The van der Waals surface area contributed by atoms with Gasteiger partial charge in [-0.05, 0) is 62.8 Å². The highest BCUT2D eigenvalue weighted by Crippen LogP contribution is 2.32. The molecule has 2 N–H and O–H groups in total. The zero-order chi connectivity index (χ0) is 13.8. The van der Waals surface area contributed by atoms with E-state index in [-0.39, 0.29) is 5.91 Å². The third-order valence-corrected chi connectivity index (χ3v) is 3.74. The Morgan fingerprint density at radius 1 is 1.42 bits per heavy atom. The first-order valence-electron chi connectivity index (χ1n) is 7.27.